The summed E-state index contributed by atoms with van der Waals surface area (Å²) in [6, 6.07) is 7.96. The number of benzene rings is 1. The molecule has 0 saturated heterocycles. The lowest BCUT2D eigenvalue weighted by atomic mass is 10.2. The highest BCUT2D eigenvalue weighted by molar-refractivity contribution is 9.10. The molecule has 4 nitrogen and oxygen atoms in total. The standard InChI is InChI=1S/C16H21BrN2O2/c1-16(2,3)21-10-13(20)9-18-14-6-4-5-11-7-12(17)8-19-15(11)14/h4-8,13,18,20H,9-10H2,1-3H3. The Hall–Kier alpha value is -1.17. The van der Waals surface area contributed by atoms with Gasteiger partial charge >= 0.3 is 0 Å². The number of fused-ring (bicyclic) bond motifs is 1. The minimum Gasteiger partial charge on any atom is -0.389 e. The lowest BCUT2D eigenvalue weighted by Gasteiger charge is -2.22. The Bertz CT molecular complexity index is 611. The van der Waals surface area contributed by atoms with Crippen molar-refractivity contribution in [3.05, 3.63) is 34.9 Å². The quantitative estimate of drug-likeness (QED) is 0.863. The van der Waals surface area contributed by atoms with E-state index in [1.54, 1.807) is 6.20 Å². The summed E-state index contributed by atoms with van der Waals surface area (Å²) in [7, 11) is 0. The molecule has 0 fully saturated rings. The fraction of sp³-hybridized carbons (Fsp3) is 0.438. The average Bonchev–Trinajstić information content (AvgIpc) is 2.41. The number of rotatable bonds is 5. The molecule has 5 heteroatoms. The van der Waals surface area contributed by atoms with Crippen molar-refractivity contribution in [1.29, 1.82) is 0 Å². The molecule has 0 radical (unpaired) electrons. The van der Waals surface area contributed by atoms with E-state index in [9.17, 15) is 5.11 Å². The summed E-state index contributed by atoms with van der Waals surface area (Å²) in [5.41, 5.74) is 1.56. The van der Waals surface area contributed by atoms with E-state index in [1.807, 2.05) is 45.0 Å². The lowest BCUT2D eigenvalue weighted by molar-refractivity contribution is -0.0449. The maximum atomic E-state index is 9.97. The third-order valence-corrected chi connectivity index (χ3v) is 3.35. The molecule has 2 aromatic rings. The number of halogens is 1. The van der Waals surface area contributed by atoms with Gasteiger partial charge in [0.15, 0.2) is 0 Å². The van der Waals surface area contributed by atoms with Crippen molar-refractivity contribution in [1.82, 2.24) is 4.98 Å². The van der Waals surface area contributed by atoms with Crippen molar-refractivity contribution >= 4 is 32.5 Å². The highest BCUT2D eigenvalue weighted by Gasteiger charge is 2.13. The fourth-order valence-electron chi connectivity index (χ4n) is 1.91. The van der Waals surface area contributed by atoms with Gasteiger partial charge in [0.25, 0.3) is 0 Å². The van der Waals surface area contributed by atoms with Crippen molar-refractivity contribution in [3.8, 4) is 0 Å². The van der Waals surface area contributed by atoms with Crippen LogP contribution in [0.4, 0.5) is 5.69 Å². The molecule has 2 rings (SSSR count). The van der Waals surface area contributed by atoms with Crippen LogP contribution < -0.4 is 5.32 Å². The van der Waals surface area contributed by atoms with Crippen LogP contribution in [0.1, 0.15) is 20.8 Å². The van der Waals surface area contributed by atoms with Gasteiger partial charge in [-0.05, 0) is 48.8 Å². The molecular weight excluding hydrogens is 332 g/mol. The van der Waals surface area contributed by atoms with Crippen LogP contribution in [0.15, 0.2) is 34.9 Å². The maximum absolute atomic E-state index is 9.97. The van der Waals surface area contributed by atoms with Gasteiger partial charge in [0.2, 0.25) is 0 Å². The van der Waals surface area contributed by atoms with E-state index in [1.165, 1.54) is 0 Å². The molecule has 1 aromatic heterocycles. The van der Waals surface area contributed by atoms with Gasteiger partial charge in [-0.2, -0.15) is 0 Å². The van der Waals surface area contributed by atoms with Gasteiger partial charge in [0.05, 0.1) is 29.5 Å². The van der Waals surface area contributed by atoms with Gasteiger partial charge in [-0.25, -0.2) is 0 Å². The van der Waals surface area contributed by atoms with Crippen LogP contribution in [0.25, 0.3) is 10.9 Å². The summed E-state index contributed by atoms with van der Waals surface area (Å²) >= 11 is 3.42. The second kappa shape index (κ2) is 6.73. The second-order valence-corrected chi connectivity index (χ2v) is 6.90. The van der Waals surface area contributed by atoms with Gasteiger partial charge in [-0.1, -0.05) is 12.1 Å². The summed E-state index contributed by atoms with van der Waals surface area (Å²) in [6.07, 6.45) is 1.21. The van der Waals surface area contributed by atoms with Crippen LogP contribution in [0.2, 0.25) is 0 Å². The number of aliphatic hydroxyl groups excluding tert-OH is 1. The molecular formula is C16H21BrN2O2. The molecule has 0 saturated carbocycles. The van der Waals surface area contributed by atoms with E-state index in [2.05, 4.69) is 26.2 Å². The summed E-state index contributed by atoms with van der Waals surface area (Å²) < 4.78 is 6.52. The van der Waals surface area contributed by atoms with E-state index >= 15 is 0 Å². The van der Waals surface area contributed by atoms with Crippen LogP contribution in [0, 0.1) is 0 Å². The lowest BCUT2D eigenvalue weighted by Crippen LogP contribution is -2.30. The Morgan fingerprint density at radius 1 is 1.38 bits per heavy atom. The Balaban J connectivity index is 2.00. The Morgan fingerprint density at radius 3 is 2.86 bits per heavy atom. The highest BCUT2D eigenvalue weighted by atomic mass is 79.9. The van der Waals surface area contributed by atoms with Crippen LogP contribution in [0.3, 0.4) is 0 Å². The van der Waals surface area contributed by atoms with E-state index < -0.39 is 6.10 Å². The van der Waals surface area contributed by atoms with Crippen molar-refractivity contribution in [2.45, 2.75) is 32.5 Å². The van der Waals surface area contributed by atoms with Crippen LogP contribution in [-0.2, 0) is 4.74 Å². The number of hydrogen-bond donors (Lipinski definition) is 2. The van der Waals surface area contributed by atoms with Gasteiger partial charge in [0, 0.05) is 22.6 Å². The second-order valence-electron chi connectivity index (χ2n) is 5.99. The minimum atomic E-state index is -0.560. The number of anilines is 1. The Morgan fingerprint density at radius 2 is 2.14 bits per heavy atom. The molecule has 0 aliphatic rings. The van der Waals surface area contributed by atoms with Crippen molar-refractivity contribution < 1.29 is 9.84 Å². The molecule has 21 heavy (non-hydrogen) atoms. The first-order valence-corrected chi connectivity index (χ1v) is 7.74. The predicted molar refractivity (Wildman–Crippen MR) is 89.6 cm³/mol. The molecule has 2 N–H and O–H groups in total. The molecule has 1 atom stereocenters. The maximum Gasteiger partial charge on any atom is 0.0945 e. The van der Waals surface area contributed by atoms with Gasteiger partial charge in [0.1, 0.15) is 0 Å². The number of aliphatic hydroxyl groups is 1. The number of nitrogens with zero attached hydrogens (tertiary/aromatic N) is 1. The number of hydrogen-bond acceptors (Lipinski definition) is 4. The number of para-hydroxylation sites is 1. The van der Waals surface area contributed by atoms with Gasteiger partial charge < -0.3 is 15.2 Å². The first kappa shape index (κ1) is 16.2. The molecule has 1 aromatic carbocycles. The van der Waals surface area contributed by atoms with Crippen LogP contribution in [-0.4, -0.2) is 34.9 Å². The van der Waals surface area contributed by atoms with Crippen LogP contribution >= 0.6 is 15.9 Å². The van der Waals surface area contributed by atoms with Crippen molar-refractivity contribution in [3.63, 3.8) is 0 Å². The summed E-state index contributed by atoms with van der Waals surface area (Å²) in [6.45, 7) is 6.64. The SMILES string of the molecule is CC(C)(C)OCC(O)CNc1cccc2cc(Br)cnc12. The topological polar surface area (TPSA) is 54.4 Å². The normalized spacial score (nSPS) is 13.4. The third kappa shape index (κ3) is 4.95. The summed E-state index contributed by atoms with van der Waals surface area (Å²) in [5.74, 6) is 0. The van der Waals surface area contributed by atoms with Crippen LogP contribution in [0.5, 0.6) is 0 Å². The first-order chi connectivity index (χ1) is 9.85. The predicted octanol–water partition coefficient (Wildman–Crippen LogP) is 3.59. The average molecular weight is 353 g/mol. The largest absolute Gasteiger partial charge is 0.389 e. The monoisotopic (exact) mass is 352 g/mol. The molecule has 0 aliphatic heterocycles. The van der Waals surface area contributed by atoms with Crippen molar-refractivity contribution in [2.24, 2.45) is 0 Å². The smallest absolute Gasteiger partial charge is 0.0945 e. The molecule has 0 bridgehead atoms. The Kier molecular flexibility index (Phi) is 5.19. The number of pyridine rings is 1. The molecule has 1 heterocycles. The van der Waals surface area contributed by atoms with E-state index in [0.717, 1.165) is 21.1 Å². The van der Waals surface area contributed by atoms with Gasteiger partial charge in [-0.15, -0.1) is 0 Å². The summed E-state index contributed by atoms with van der Waals surface area (Å²) in [5, 5.41) is 14.3. The fourth-order valence-corrected chi connectivity index (χ4v) is 2.26. The molecule has 114 valence electrons. The minimum absolute atomic E-state index is 0.242. The third-order valence-electron chi connectivity index (χ3n) is 2.91. The van der Waals surface area contributed by atoms with Crippen molar-refractivity contribution in [2.75, 3.05) is 18.5 Å². The number of ether oxygens (including phenoxy) is 1. The van der Waals surface area contributed by atoms with E-state index in [0.29, 0.717) is 13.2 Å². The zero-order valence-corrected chi connectivity index (χ0v) is 14.1. The first-order valence-electron chi connectivity index (χ1n) is 6.95. The number of aromatic nitrogens is 1. The highest BCUT2D eigenvalue weighted by Crippen LogP contribution is 2.23. The molecule has 1 unspecified atom stereocenters. The molecule has 0 amide bonds. The van der Waals surface area contributed by atoms with E-state index in [4.69, 9.17) is 4.74 Å². The molecule has 0 spiro atoms. The van der Waals surface area contributed by atoms with E-state index in [-0.39, 0.29) is 5.60 Å². The molecule has 0 aliphatic carbocycles. The number of nitrogens with one attached hydrogen (secondary N) is 1. The zero-order chi connectivity index (χ0) is 15.5. The van der Waals surface area contributed by atoms with Gasteiger partial charge in [-0.3, -0.25) is 4.98 Å². The Labute approximate surface area is 133 Å². The zero-order valence-electron chi connectivity index (χ0n) is 12.6. The summed E-state index contributed by atoms with van der Waals surface area (Å²) in [4.78, 5) is 4.42.